The Morgan fingerprint density at radius 2 is 1.26 bits per heavy atom. The van der Waals surface area contributed by atoms with E-state index in [-0.39, 0.29) is 11.4 Å². The van der Waals surface area contributed by atoms with Crippen molar-refractivity contribution >= 4 is 10.1 Å². The quantitative estimate of drug-likeness (QED) is 0.135. The third-order valence-electron chi connectivity index (χ3n) is 5.14. The molecular weight excluding hydrogens is 559 g/mol. The molecule has 0 unspecified atom stereocenters. The van der Waals surface area contributed by atoms with Crippen LogP contribution in [0.1, 0.15) is 45.4 Å². The summed E-state index contributed by atoms with van der Waals surface area (Å²) in [7, 11) is -7.03. The highest BCUT2D eigenvalue weighted by molar-refractivity contribution is 7.88. The Hall–Kier alpha value is -2.78. The highest BCUT2D eigenvalue weighted by Gasteiger charge is 2.86. The van der Waals surface area contributed by atoms with Gasteiger partial charge in [0.15, 0.2) is 11.6 Å². The number of hydrogen-bond acceptors (Lipinski definition) is 6. The topological polar surface area (TPSA) is 78.4 Å². The molecule has 16 heteroatoms. The van der Waals surface area contributed by atoms with Crippen molar-refractivity contribution in [3.8, 4) is 22.9 Å². The third kappa shape index (κ3) is 6.80. The van der Waals surface area contributed by atoms with E-state index in [1.54, 1.807) is 0 Å². The number of rotatable bonds is 14. The Kier molecular flexibility index (Phi) is 9.88. The Labute approximate surface area is 212 Å². The van der Waals surface area contributed by atoms with Crippen LogP contribution in [0.3, 0.4) is 0 Å². The maximum absolute atomic E-state index is 13.8. The smallest absolute Gasteiger partial charge is 0.460 e. The van der Waals surface area contributed by atoms with Gasteiger partial charge in [-0.25, -0.2) is 9.97 Å². The van der Waals surface area contributed by atoms with Crippen molar-refractivity contribution in [3.63, 3.8) is 0 Å². The van der Waals surface area contributed by atoms with E-state index in [1.165, 1.54) is 18.8 Å². The second kappa shape index (κ2) is 11.9. The van der Waals surface area contributed by atoms with Crippen molar-refractivity contribution in [1.82, 2.24) is 9.97 Å². The third-order valence-corrected chi connectivity index (χ3v) is 6.44. The number of aromatic nitrogens is 2. The maximum atomic E-state index is 13.8. The van der Waals surface area contributed by atoms with Crippen molar-refractivity contribution < 1.29 is 56.9 Å². The first-order valence-corrected chi connectivity index (χ1v) is 12.6. The monoisotopic (exact) mass is 582 g/mol. The van der Waals surface area contributed by atoms with Crippen molar-refractivity contribution in [2.75, 3.05) is 6.61 Å². The fraction of sp³-hybridized carbons (Fsp3) is 0.545. The molecule has 0 fully saturated rings. The molecule has 0 atom stereocenters. The first kappa shape index (κ1) is 31.4. The number of hydrogen-bond donors (Lipinski definition) is 0. The lowest BCUT2D eigenvalue weighted by Crippen LogP contribution is -2.63. The largest absolute Gasteiger partial charge is 0.490 e. The highest BCUT2D eigenvalue weighted by Crippen LogP contribution is 2.55. The van der Waals surface area contributed by atoms with Gasteiger partial charge in [-0.1, -0.05) is 39.0 Å². The van der Waals surface area contributed by atoms with Gasteiger partial charge < -0.3 is 8.92 Å². The molecular formula is C22H23F9N2O4S. The summed E-state index contributed by atoms with van der Waals surface area (Å²) < 4.78 is 150. The molecule has 38 heavy (non-hydrogen) atoms. The average molecular weight is 582 g/mol. The van der Waals surface area contributed by atoms with E-state index in [2.05, 4.69) is 21.1 Å². The number of ether oxygens (including phenoxy) is 1. The second-order valence-electron chi connectivity index (χ2n) is 8.08. The second-order valence-corrected chi connectivity index (χ2v) is 9.67. The van der Waals surface area contributed by atoms with Gasteiger partial charge in [-0.15, -0.1) is 0 Å². The summed E-state index contributed by atoms with van der Waals surface area (Å²) >= 11 is 0. The minimum Gasteiger partial charge on any atom is -0.490 e. The zero-order valence-corrected chi connectivity index (χ0v) is 20.6. The van der Waals surface area contributed by atoms with E-state index in [1.807, 2.05) is 0 Å². The van der Waals surface area contributed by atoms with Crippen LogP contribution in [0, 0.1) is 0 Å². The first-order valence-electron chi connectivity index (χ1n) is 11.2. The van der Waals surface area contributed by atoms with Crippen LogP contribution in [-0.4, -0.2) is 48.3 Å². The standard InChI is InChI=1S/C22H23F9N2O4S/c1-2-3-4-5-6-7-12-36-17-13-32-18(33-14-17)15-8-10-16(11-9-15)37-38(34,35)22(30,31)20(25,26)19(23,24)21(27,28)29/h8-11,13-14H,2-7,12H2,1H3. The van der Waals surface area contributed by atoms with E-state index in [0.717, 1.165) is 44.2 Å². The molecule has 0 aliphatic heterocycles. The molecule has 2 rings (SSSR count). The molecule has 1 heterocycles. The SMILES string of the molecule is CCCCCCCCOc1cnc(-c2ccc(OS(=O)(=O)C(F)(F)C(F)(F)C(F)(F)C(F)(F)F)cc2)nc1. The zero-order chi connectivity index (χ0) is 28.8. The first-order chi connectivity index (χ1) is 17.5. The summed E-state index contributed by atoms with van der Waals surface area (Å²) in [5.41, 5.74) is 0.165. The summed E-state index contributed by atoms with van der Waals surface area (Å²) in [5.74, 6) is -15.4. The molecule has 0 aliphatic carbocycles. The van der Waals surface area contributed by atoms with Crippen molar-refractivity contribution in [1.29, 1.82) is 0 Å². The predicted molar refractivity (Wildman–Crippen MR) is 117 cm³/mol. The Bertz CT molecular complexity index is 1140. The average Bonchev–Trinajstić information content (AvgIpc) is 2.83. The van der Waals surface area contributed by atoms with E-state index in [4.69, 9.17) is 4.74 Å². The molecule has 0 spiro atoms. The number of benzene rings is 1. The van der Waals surface area contributed by atoms with E-state index < -0.39 is 39.1 Å². The van der Waals surface area contributed by atoms with Crippen LogP contribution in [0.2, 0.25) is 0 Å². The number of nitrogens with zero attached hydrogens (tertiary/aromatic N) is 2. The molecule has 0 aliphatic rings. The van der Waals surface area contributed by atoms with Gasteiger partial charge in [-0.3, -0.25) is 0 Å². The van der Waals surface area contributed by atoms with Crippen LogP contribution >= 0.6 is 0 Å². The lowest BCUT2D eigenvalue weighted by atomic mass is 10.1. The Morgan fingerprint density at radius 1 is 0.737 bits per heavy atom. The van der Waals surface area contributed by atoms with Gasteiger partial charge in [0.2, 0.25) is 0 Å². The fourth-order valence-electron chi connectivity index (χ4n) is 2.97. The number of halogens is 9. The van der Waals surface area contributed by atoms with Gasteiger partial charge in [0.1, 0.15) is 5.75 Å². The molecule has 0 bridgehead atoms. The normalized spacial score (nSPS) is 13.4. The van der Waals surface area contributed by atoms with Crippen molar-refractivity contribution in [2.24, 2.45) is 0 Å². The zero-order valence-electron chi connectivity index (χ0n) is 19.8. The number of alkyl halides is 9. The highest BCUT2D eigenvalue weighted by atomic mass is 32.2. The van der Waals surface area contributed by atoms with E-state index in [0.29, 0.717) is 24.5 Å². The molecule has 0 radical (unpaired) electrons. The lowest BCUT2D eigenvalue weighted by Gasteiger charge is -2.32. The Balaban J connectivity index is 2.05. The molecule has 0 amide bonds. The van der Waals surface area contributed by atoms with Gasteiger partial charge in [-0.2, -0.15) is 47.9 Å². The molecule has 6 nitrogen and oxygen atoms in total. The number of unbranched alkanes of at least 4 members (excludes halogenated alkanes) is 5. The van der Waals surface area contributed by atoms with Crippen LogP contribution in [0.15, 0.2) is 36.7 Å². The van der Waals surface area contributed by atoms with E-state index >= 15 is 0 Å². The van der Waals surface area contributed by atoms with E-state index in [9.17, 15) is 47.9 Å². The van der Waals surface area contributed by atoms with Gasteiger partial charge in [-0.05, 0) is 30.7 Å². The lowest BCUT2D eigenvalue weighted by molar-refractivity contribution is -0.382. The minimum atomic E-state index is -7.39. The van der Waals surface area contributed by atoms with Crippen molar-refractivity contribution in [3.05, 3.63) is 36.7 Å². The van der Waals surface area contributed by atoms with Gasteiger partial charge in [0.05, 0.1) is 19.0 Å². The summed E-state index contributed by atoms with van der Waals surface area (Å²) in [6.45, 7) is 2.55. The Morgan fingerprint density at radius 3 is 1.79 bits per heavy atom. The molecule has 0 saturated carbocycles. The van der Waals surface area contributed by atoms with Crippen molar-refractivity contribution in [2.45, 2.75) is 68.7 Å². The molecule has 1 aromatic heterocycles. The molecule has 0 N–H and O–H groups in total. The summed E-state index contributed by atoms with van der Waals surface area (Å²) in [6.07, 6.45) is 1.85. The van der Waals surface area contributed by atoms with Crippen LogP contribution in [-0.2, 0) is 10.1 Å². The molecule has 1 aromatic carbocycles. The predicted octanol–water partition coefficient (Wildman–Crippen LogP) is 7.02. The summed E-state index contributed by atoms with van der Waals surface area (Å²) in [6, 6.07) is 3.35. The van der Waals surface area contributed by atoms with Gasteiger partial charge >= 0.3 is 33.4 Å². The molecule has 2 aromatic rings. The fourth-order valence-corrected chi connectivity index (χ4v) is 3.88. The molecule has 214 valence electrons. The molecule has 0 saturated heterocycles. The van der Waals surface area contributed by atoms with Crippen LogP contribution < -0.4 is 8.92 Å². The van der Waals surface area contributed by atoms with Gasteiger partial charge in [0, 0.05) is 5.56 Å². The van der Waals surface area contributed by atoms with Crippen LogP contribution in [0.25, 0.3) is 11.4 Å². The summed E-state index contributed by atoms with van der Waals surface area (Å²) in [4.78, 5) is 8.02. The summed E-state index contributed by atoms with van der Waals surface area (Å²) in [5, 5.41) is -6.95. The minimum absolute atomic E-state index is 0.0491. The van der Waals surface area contributed by atoms with Crippen LogP contribution in [0.5, 0.6) is 11.5 Å². The van der Waals surface area contributed by atoms with Gasteiger partial charge in [0.25, 0.3) is 0 Å². The van der Waals surface area contributed by atoms with Crippen LogP contribution in [0.4, 0.5) is 39.5 Å². The maximum Gasteiger partial charge on any atom is 0.460 e.